The molecule has 0 saturated carbocycles. The number of hydrogen-bond acceptors (Lipinski definition) is 3. The number of nitrogens with one attached hydrogen (secondary N) is 1. The van der Waals surface area contributed by atoms with Crippen LogP contribution < -0.4 is 9.62 Å². The molecule has 2 aromatic rings. The molecule has 1 N–H and O–H groups in total. The van der Waals surface area contributed by atoms with Crippen molar-refractivity contribution in [3.63, 3.8) is 0 Å². The Morgan fingerprint density at radius 3 is 2.38 bits per heavy atom. The molecule has 29 heavy (non-hydrogen) atoms. The van der Waals surface area contributed by atoms with Crippen molar-refractivity contribution < 1.29 is 17.6 Å². The fourth-order valence-electron chi connectivity index (χ4n) is 3.14. The van der Waals surface area contributed by atoms with Crippen LogP contribution in [0.5, 0.6) is 0 Å². The zero-order chi connectivity index (χ0) is 21.4. The molecule has 0 saturated heterocycles. The molecule has 0 fully saturated rings. The van der Waals surface area contributed by atoms with Crippen molar-refractivity contribution in [2.45, 2.75) is 39.0 Å². The predicted molar refractivity (Wildman–Crippen MR) is 115 cm³/mol. The SMILES string of the molecule is CC(C)c1ccccc1N(CCCC(=O)NCCc1ccc(F)cc1)S(C)(=O)=O. The number of nitrogens with zero attached hydrogens (tertiary/aromatic N) is 1. The summed E-state index contributed by atoms with van der Waals surface area (Å²) in [6.45, 7) is 4.74. The smallest absolute Gasteiger partial charge is 0.232 e. The van der Waals surface area contributed by atoms with Gasteiger partial charge in [-0.3, -0.25) is 9.10 Å². The molecule has 1 amide bonds. The number of benzene rings is 2. The first kappa shape index (κ1) is 22.9. The van der Waals surface area contributed by atoms with E-state index in [1.807, 2.05) is 32.0 Å². The van der Waals surface area contributed by atoms with Crippen LogP contribution in [0.15, 0.2) is 48.5 Å². The second kappa shape index (κ2) is 10.4. The molecule has 158 valence electrons. The van der Waals surface area contributed by atoms with E-state index in [0.29, 0.717) is 25.1 Å². The molecule has 0 aliphatic heterocycles. The van der Waals surface area contributed by atoms with Gasteiger partial charge in [0.15, 0.2) is 0 Å². The highest BCUT2D eigenvalue weighted by molar-refractivity contribution is 7.92. The molecule has 2 aromatic carbocycles. The van der Waals surface area contributed by atoms with E-state index in [1.165, 1.54) is 22.7 Å². The molecule has 5 nitrogen and oxygen atoms in total. The average molecular weight is 421 g/mol. The minimum absolute atomic E-state index is 0.127. The van der Waals surface area contributed by atoms with Gasteiger partial charge >= 0.3 is 0 Å². The largest absolute Gasteiger partial charge is 0.356 e. The third-order valence-electron chi connectivity index (χ3n) is 4.64. The highest BCUT2D eigenvalue weighted by Crippen LogP contribution is 2.29. The van der Waals surface area contributed by atoms with Crippen molar-refractivity contribution in [2.24, 2.45) is 0 Å². The van der Waals surface area contributed by atoms with Crippen LogP contribution in [-0.2, 0) is 21.2 Å². The molecular formula is C22H29FN2O3S. The molecule has 2 rings (SSSR count). The van der Waals surface area contributed by atoms with Crippen LogP contribution in [0.2, 0.25) is 0 Å². The number of carbonyl (C=O) groups is 1. The van der Waals surface area contributed by atoms with Gasteiger partial charge in [0.25, 0.3) is 0 Å². The van der Waals surface area contributed by atoms with Gasteiger partial charge in [-0.15, -0.1) is 0 Å². The molecule has 0 aliphatic carbocycles. The fourth-order valence-corrected chi connectivity index (χ4v) is 4.12. The standard InChI is InChI=1S/C22H29FN2O3S/c1-17(2)20-7-4-5-8-21(20)25(29(3,27)28)16-6-9-22(26)24-15-14-18-10-12-19(23)13-11-18/h4-5,7-8,10-13,17H,6,9,14-16H2,1-3H3,(H,24,26). The Balaban J connectivity index is 1.89. The highest BCUT2D eigenvalue weighted by atomic mass is 32.2. The minimum atomic E-state index is -3.46. The maximum absolute atomic E-state index is 12.9. The maximum atomic E-state index is 12.9. The fraction of sp³-hybridized carbons (Fsp3) is 0.409. The van der Waals surface area contributed by atoms with Crippen molar-refractivity contribution in [1.82, 2.24) is 5.32 Å². The third kappa shape index (κ3) is 7.16. The van der Waals surface area contributed by atoms with Gasteiger partial charge < -0.3 is 5.32 Å². The second-order valence-electron chi connectivity index (χ2n) is 7.38. The maximum Gasteiger partial charge on any atom is 0.232 e. The average Bonchev–Trinajstić information content (AvgIpc) is 2.66. The summed E-state index contributed by atoms with van der Waals surface area (Å²) in [6.07, 6.45) is 2.46. The molecule has 0 aliphatic rings. The van der Waals surface area contributed by atoms with E-state index in [2.05, 4.69) is 5.32 Å². The molecule has 0 bridgehead atoms. The lowest BCUT2D eigenvalue weighted by Gasteiger charge is -2.26. The Hall–Kier alpha value is -2.41. The molecular weight excluding hydrogens is 391 g/mol. The van der Waals surface area contributed by atoms with E-state index in [9.17, 15) is 17.6 Å². The van der Waals surface area contributed by atoms with Gasteiger partial charge in [0.1, 0.15) is 5.82 Å². The number of amides is 1. The van der Waals surface area contributed by atoms with Crippen LogP contribution in [0.1, 0.15) is 43.7 Å². The van der Waals surface area contributed by atoms with Crippen LogP contribution in [0.4, 0.5) is 10.1 Å². The lowest BCUT2D eigenvalue weighted by molar-refractivity contribution is -0.121. The van der Waals surface area contributed by atoms with Gasteiger partial charge in [0, 0.05) is 19.5 Å². The lowest BCUT2D eigenvalue weighted by atomic mass is 10.0. The molecule has 0 unspecified atom stereocenters. The molecule has 0 heterocycles. The van der Waals surface area contributed by atoms with E-state index in [1.54, 1.807) is 18.2 Å². The van der Waals surface area contributed by atoms with E-state index < -0.39 is 10.0 Å². The van der Waals surface area contributed by atoms with Gasteiger partial charge in [-0.25, -0.2) is 12.8 Å². The van der Waals surface area contributed by atoms with Gasteiger partial charge in [0.05, 0.1) is 11.9 Å². The van der Waals surface area contributed by atoms with Crippen molar-refractivity contribution in [2.75, 3.05) is 23.7 Å². The van der Waals surface area contributed by atoms with E-state index >= 15 is 0 Å². The number of anilines is 1. The number of para-hydroxylation sites is 1. The number of halogens is 1. The summed E-state index contributed by atoms with van der Waals surface area (Å²) in [5.41, 5.74) is 2.57. The lowest BCUT2D eigenvalue weighted by Crippen LogP contribution is -2.33. The van der Waals surface area contributed by atoms with Crippen LogP contribution >= 0.6 is 0 Å². The van der Waals surface area contributed by atoms with E-state index in [-0.39, 0.29) is 30.6 Å². The Labute approximate surface area is 173 Å². The Morgan fingerprint density at radius 1 is 1.10 bits per heavy atom. The number of carbonyl (C=O) groups excluding carboxylic acids is 1. The van der Waals surface area contributed by atoms with Crippen LogP contribution in [0, 0.1) is 5.82 Å². The summed E-state index contributed by atoms with van der Waals surface area (Å²) < 4.78 is 39.0. The van der Waals surface area contributed by atoms with Crippen LogP contribution in [-0.4, -0.2) is 33.7 Å². The van der Waals surface area contributed by atoms with Gasteiger partial charge in [-0.1, -0.05) is 44.2 Å². The van der Waals surface area contributed by atoms with Crippen molar-refractivity contribution in [1.29, 1.82) is 0 Å². The Morgan fingerprint density at radius 2 is 1.76 bits per heavy atom. The molecule has 0 atom stereocenters. The molecule has 7 heteroatoms. The summed E-state index contributed by atoms with van der Waals surface area (Å²) in [6, 6.07) is 13.6. The zero-order valence-electron chi connectivity index (χ0n) is 17.2. The number of hydrogen-bond donors (Lipinski definition) is 1. The zero-order valence-corrected chi connectivity index (χ0v) is 18.0. The first-order valence-electron chi connectivity index (χ1n) is 9.76. The first-order chi connectivity index (χ1) is 13.7. The Bertz CT molecular complexity index is 912. The van der Waals surface area contributed by atoms with Gasteiger partial charge in [0.2, 0.25) is 15.9 Å². The second-order valence-corrected chi connectivity index (χ2v) is 9.29. The summed E-state index contributed by atoms with van der Waals surface area (Å²) >= 11 is 0. The topological polar surface area (TPSA) is 66.5 Å². The molecule has 0 spiro atoms. The molecule has 0 radical (unpaired) electrons. The monoisotopic (exact) mass is 420 g/mol. The van der Waals surface area contributed by atoms with E-state index in [4.69, 9.17) is 0 Å². The molecule has 0 aromatic heterocycles. The van der Waals surface area contributed by atoms with Crippen molar-refractivity contribution >= 4 is 21.6 Å². The van der Waals surface area contributed by atoms with Crippen LogP contribution in [0.3, 0.4) is 0 Å². The summed E-state index contributed by atoms with van der Waals surface area (Å²) in [4.78, 5) is 12.1. The number of sulfonamides is 1. The van der Waals surface area contributed by atoms with Gasteiger partial charge in [-0.05, 0) is 48.1 Å². The third-order valence-corrected chi connectivity index (χ3v) is 5.82. The van der Waals surface area contributed by atoms with Gasteiger partial charge in [-0.2, -0.15) is 0 Å². The summed E-state index contributed by atoms with van der Waals surface area (Å²) in [7, 11) is -3.46. The minimum Gasteiger partial charge on any atom is -0.356 e. The summed E-state index contributed by atoms with van der Waals surface area (Å²) in [5.74, 6) is -0.227. The van der Waals surface area contributed by atoms with Crippen LogP contribution in [0.25, 0.3) is 0 Å². The number of rotatable bonds is 10. The van der Waals surface area contributed by atoms with Crippen molar-refractivity contribution in [3.05, 3.63) is 65.5 Å². The normalized spacial score (nSPS) is 11.5. The first-order valence-corrected chi connectivity index (χ1v) is 11.6. The summed E-state index contributed by atoms with van der Waals surface area (Å²) in [5, 5.41) is 2.83. The predicted octanol–water partition coefficient (Wildman–Crippen LogP) is 3.85. The van der Waals surface area contributed by atoms with E-state index in [0.717, 1.165) is 11.1 Å². The Kier molecular flexibility index (Phi) is 8.20. The van der Waals surface area contributed by atoms with Crippen molar-refractivity contribution in [3.8, 4) is 0 Å². The highest BCUT2D eigenvalue weighted by Gasteiger charge is 2.21. The quantitative estimate of drug-likeness (QED) is 0.635.